The number of hydrogen-bond acceptors (Lipinski definition) is 2. The molecular formula is C10H13ClO2. The molecule has 1 rings (SSSR count). The van der Waals surface area contributed by atoms with Crippen molar-refractivity contribution in [1.82, 2.24) is 0 Å². The molecule has 1 N–H and O–H groups in total. The van der Waals surface area contributed by atoms with Gasteiger partial charge in [0.15, 0.2) is 0 Å². The minimum Gasteiger partial charge on any atom is -0.386 e. The Bertz CT molecular complexity index is 286. The number of ether oxygens (including phenoxy) is 1. The molecule has 1 atom stereocenters. The number of aliphatic hydroxyl groups excluding tert-OH is 1. The molecule has 0 saturated heterocycles. The summed E-state index contributed by atoms with van der Waals surface area (Å²) in [6.45, 7) is 2.21. The van der Waals surface area contributed by atoms with Crippen molar-refractivity contribution < 1.29 is 9.84 Å². The molecule has 1 aromatic rings. The first-order chi connectivity index (χ1) is 6.15. The summed E-state index contributed by atoms with van der Waals surface area (Å²) < 4.78 is 4.85. The summed E-state index contributed by atoms with van der Waals surface area (Å²) in [5.41, 5.74) is 1.80. The van der Waals surface area contributed by atoms with Gasteiger partial charge in [-0.25, -0.2) is 0 Å². The van der Waals surface area contributed by atoms with Crippen LogP contribution < -0.4 is 0 Å². The number of hydrogen-bond donors (Lipinski definition) is 1. The number of halogens is 1. The summed E-state index contributed by atoms with van der Waals surface area (Å²) in [6, 6.07) is 5.45. The fraction of sp³-hybridized carbons (Fsp3) is 0.400. The second kappa shape index (κ2) is 4.61. The van der Waals surface area contributed by atoms with Gasteiger partial charge >= 0.3 is 0 Å². The van der Waals surface area contributed by atoms with E-state index >= 15 is 0 Å². The van der Waals surface area contributed by atoms with Gasteiger partial charge in [0, 0.05) is 12.1 Å². The lowest BCUT2D eigenvalue weighted by molar-refractivity contribution is 0.0644. The Morgan fingerprint density at radius 2 is 2.23 bits per heavy atom. The zero-order chi connectivity index (χ0) is 9.84. The van der Waals surface area contributed by atoms with Gasteiger partial charge in [0.1, 0.15) is 6.10 Å². The van der Waals surface area contributed by atoms with Crippen LogP contribution in [0.4, 0.5) is 0 Å². The lowest BCUT2D eigenvalue weighted by Gasteiger charge is -2.10. The van der Waals surface area contributed by atoms with Crippen LogP contribution in [-0.4, -0.2) is 18.8 Å². The Labute approximate surface area is 83.1 Å². The first-order valence-corrected chi connectivity index (χ1v) is 4.46. The van der Waals surface area contributed by atoms with Crippen molar-refractivity contribution in [3.63, 3.8) is 0 Å². The molecule has 0 heterocycles. The maximum absolute atomic E-state index is 9.57. The predicted octanol–water partition coefficient (Wildman–Crippen LogP) is 2.33. The molecule has 0 aliphatic carbocycles. The van der Waals surface area contributed by atoms with E-state index < -0.39 is 6.10 Å². The Morgan fingerprint density at radius 1 is 1.54 bits per heavy atom. The Kier molecular flexibility index (Phi) is 3.72. The maximum atomic E-state index is 9.57. The first-order valence-electron chi connectivity index (χ1n) is 4.08. The number of rotatable bonds is 3. The molecule has 0 fully saturated rings. The molecule has 0 aliphatic rings. The van der Waals surface area contributed by atoms with E-state index in [1.54, 1.807) is 19.2 Å². The summed E-state index contributed by atoms with van der Waals surface area (Å²) in [4.78, 5) is 0. The zero-order valence-electron chi connectivity index (χ0n) is 7.75. The third-order valence-corrected chi connectivity index (χ3v) is 2.32. The highest BCUT2D eigenvalue weighted by atomic mass is 35.5. The number of aliphatic hydroxyl groups is 1. The summed E-state index contributed by atoms with van der Waals surface area (Å²) in [5, 5.41) is 10.3. The molecule has 0 spiro atoms. The van der Waals surface area contributed by atoms with Gasteiger partial charge < -0.3 is 9.84 Å². The van der Waals surface area contributed by atoms with Gasteiger partial charge in [0.05, 0.1) is 6.61 Å². The van der Waals surface area contributed by atoms with E-state index in [-0.39, 0.29) is 0 Å². The van der Waals surface area contributed by atoms with Crippen molar-refractivity contribution in [3.05, 3.63) is 34.3 Å². The second-order valence-corrected chi connectivity index (χ2v) is 3.39. The summed E-state index contributed by atoms with van der Waals surface area (Å²) in [5.74, 6) is 0. The van der Waals surface area contributed by atoms with Gasteiger partial charge in [0.2, 0.25) is 0 Å². The van der Waals surface area contributed by atoms with Gasteiger partial charge in [-0.3, -0.25) is 0 Å². The standard InChI is InChI=1S/C10H13ClO2/c1-7-5-8(3-4-9(7)11)10(12)6-13-2/h3-5,10,12H,6H2,1-2H3. The highest BCUT2D eigenvalue weighted by molar-refractivity contribution is 6.31. The molecule has 72 valence electrons. The average Bonchev–Trinajstić information content (AvgIpc) is 2.10. The maximum Gasteiger partial charge on any atom is 0.102 e. The monoisotopic (exact) mass is 200 g/mol. The molecule has 13 heavy (non-hydrogen) atoms. The quantitative estimate of drug-likeness (QED) is 0.812. The van der Waals surface area contributed by atoms with E-state index in [9.17, 15) is 5.11 Å². The minimum atomic E-state index is -0.569. The van der Waals surface area contributed by atoms with Crippen molar-refractivity contribution in [2.45, 2.75) is 13.0 Å². The third-order valence-electron chi connectivity index (χ3n) is 1.89. The fourth-order valence-electron chi connectivity index (χ4n) is 1.13. The Hall–Kier alpha value is -0.570. The van der Waals surface area contributed by atoms with Gasteiger partial charge in [-0.15, -0.1) is 0 Å². The van der Waals surface area contributed by atoms with Crippen LogP contribution in [0.5, 0.6) is 0 Å². The molecule has 0 aromatic heterocycles. The van der Waals surface area contributed by atoms with Gasteiger partial charge in [-0.05, 0) is 24.1 Å². The van der Waals surface area contributed by atoms with E-state index in [1.165, 1.54) is 0 Å². The van der Waals surface area contributed by atoms with Crippen molar-refractivity contribution in [2.75, 3.05) is 13.7 Å². The summed E-state index contributed by atoms with van der Waals surface area (Å²) in [6.07, 6.45) is -0.569. The summed E-state index contributed by atoms with van der Waals surface area (Å²) in [7, 11) is 1.56. The van der Waals surface area contributed by atoms with Crippen molar-refractivity contribution in [2.24, 2.45) is 0 Å². The van der Waals surface area contributed by atoms with Gasteiger partial charge in [0.25, 0.3) is 0 Å². The van der Waals surface area contributed by atoms with E-state index in [2.05, 4.69) is 0 Å². The molecule has 0 aliphatic heterocycles. The Morgan fingerprint density at radius 3 is 2.77 bits per heavy atom. The molecule has 1 unspecified atom stereocenters. The van der Waals surface area contributed by atoms with Crippen LogP contribution in [0.1, 0.15) is 17.2 Å². The van der Waals surface area contributed by atoms with E-state index in [0.717, 1.165) is 11.1 Å². The van der Waals surface area contributed by atoms with Crippen LogP contribution in [-0.2, 0) is 4.74 Å². The number of aryl methyl sites for hydroxylation is 1. The molecule has 0 saturated carbocycles. The highest BCUT2D eigenvalue weighted by Crippen LogP contribution is 2.20. The van der Waals surface area contributed by atoms with Crippen LogP contribution in [0.2, 0.25) is 5.02 Å². The molecule has 0 bridgehead atoms. The third kappa shape index (κ3) is 2.69. The molecule has 3 heteroatoms. The summed E-state index contributed by atoms with van der Waals surface area (Å²) >= 11 is 5.85. The van der Waals surface area contributed by atoms with Crippen molar-refractivity contribution in [3.8, 4) is 0 Å². The lowest BCUT2D eigenvalue weighted by Crippen LogP contribution is -2.05. The normalized spacial score (nSPS) is 12.9. The fourth-order valence-corrected chi connectivity index (χ4v) is 1.25. The predicted molar refractivity (Wildman–Crippen MR) is 53.0 cm³/mol. The van der Waals surface area contributed by atoms with Crippen LogP contribution >= 0.6 is 11.6 Å². The van der Waals surface area contributed by atoms with Crippen LogP contribution in [0.25, 0.3) is 0 Å². The topological polar surface area (TPSA) is 29.5 Å². The lowest BCUT2D eigenvalue weighted by atomic mass is 10.1. The Balaban J connectivity index is 2.84. The largest absolute Gasteiger partial charge is 0.386 e. The highest BCUT2D eigenvalue weighted by Gasteiger charge is 2.07. The van der Waals surface area contributed by atoms with Crippen molar-refractivity contribution >= 4 is 11.6 Å². The van der Waals surface area contributed by atoms with E-state index in [1.807, 2.05) is 13.0 Å². The minimum absolute atomic E-state index is 0.307. The van der Waals surface area contributed by atoms with Gasteiger partial charge in [-0.2, -0.15) is 0 Å². The average molecular weight is 201 g/mol. The van der Waals surface area contributed by atoms with Crippen LogP contribution in [0, 0.1) is 6.92 Å². The second-order valence-electron chi connectivity index (χ2n) is 2.98. The number of benzene rings is 1. The zero-order valence-corrected chi connectivity index (χ0v) is 8.51. The smallest absolute Gasteiger partial charge is 0.102 e. The molecule has 0 amide bonds. The molecular weight excluding hydrogens is 188 g/mol. The van der Waals surface area contributed by atoms with E-state index in [0.29, 0.717) is 11.6 Å². The first kappa shape index (κ1) is 10.5. The molecule has 1 aromatic carbocycles. The van der Waals surface area contributed by atoms with E-state index in [4.69, 9.17) is 16.3 Å². The van der Waals surface area contributed by atoms with Gasteiger partial charge in [-0.1, -0.05) is 23.7 Å². The molecule has 0 radical (unpaired) electrons. The molecule has 2 nitrogen and oxygen atoms in total. The van der Waals surface area contributed by atoms with Crippen LogP contribution in [0.15, 0.2) is 18.2 Å². The van der Waals surface area contributed by atoms with Crippen LogP contribution in [0.3, 0.4) is 0 Å². The SMILES string of the molecule is COCC(O)c1ccc(Cl)c(C)c1. The number of methoxy groups -OCH3 is 1. The van der Waals surface area contributed by atoms with Crippen molar-refractivity contribution in [1.29, 1.82) is 0 Å².